The van der Waals surface area contributed by atoms with Gasteiger partial charge in [-0.3, -0.25) is 4.68 Å². The van der Waals surface area contributed by atoms with Crippen LogP contribution in [-0.4, -0.2) is 19.7 Å². The standard InChI is InChI=1S/C8H7BrClN5/c1-15-3-2-6(14-15)12-7-5(9)4-11-8(10)13-7/h2-4H,1H3,(H,11,12,13,14). The molecular formula is C8H7BrClN5. The van der Waals surface area contributed by atoms with E-state index in [1.165, 1.54) is 0 Å². The molecular weight excluding hydrogens is 281 g/mol. The number of hydrogen-bond acceptors (Lipinski definition) is 4. The van der Waals surface area contributed by atoms with Gasteiger partial charge in [0.15, 0.2) is 11.6 Å². The molecule has 0 saturated heterocycles. The molecule has 7 heteroatoms. The summed E-state index contributed by atoms with van der Waals surface area (Å²) in [7, 11) is 1.84. The normalized spacial score (nSPS) is 10.3. The van der Waals surface area contributed by atoms with Crippen molar-refractivity contribution in [1.82, 2.24) is 19.7 Å². The zero-order chi connectivity index (χ0) is 10.8. The number of halogens is 2. The van der Waals surface area contributed by atoms with Crippen molar-refractivity contribution in [2.45, 2.75) is 0 Å². The molecule has 1 N–H and O–H groups in total. The summed E-state index contributed by atoms with van der Waals surface area (Å²) in [5.41, 5.74) is 0. The number of nitrogens with one attached hydrogen (secondary N) is 1. The van der Waals surface area contributed by atoms with E-state index >= 15 is 0 Å². The molecule has 2 heterocycles. The molecule has 0 fully saturated rings. The number of rotatable bonds is 2. The van der Waals surface area contributed by atoms with Crippen molar-refractivity contribution in [2.24, 2.45) is 7.05 Å². The van der Waals surface area contributed by atoms with Crippen molar-refractivity contribution >= 4 is 39.2 Å². The average Bonchev–Trinajstić information content (AvgIpc) is 2.58. The van der Waals surface area contributed by atoms with Gasteiger partial charge in [0.2, 0.25) is 5.28 Å². The fraction of sp³-hybridized carbons (Fsp3) is 0.125. The molecule has 2 rings (SSSR count). The third kappa shape index (κ3) is 2.45. The minimum absolute atomic E-state index is 0.191. The second-order valence-corrected chi connectivity index (χ2v) is 4.03. The summed E-state index contributed by atoms with van der Waals surface area (Å²) in [4.78, 5) is 7.85. The van der Waals surface area contributed by atoms with Gasteiger partial charge in [-0.05, 0) is 27.5 Å². The Hall–Kier alpha value is -1.14. The smallest absolute Gasteiger partial charge is 0.224 e. The van der Waals surface area contributed by atoms with Crippen LogP contribution in [-0.2, 0) is 7.05 Å². The topological polar surface area (TPSA) is 55.6 Å². The molecule has 0 aliphatic heterocycles. The first kappa shape index (κ1) is 10.4. The monoisotopic (exact) mass is 287 g/mol. The van der Waals surface area contributed by atoms with Crippen LogP contribution < -0.4 is 5.32 Å². The predicted molar refractivity (Wildman–Crippen MR) is 61.2 cm³/mol. The van der Waals surface area contributed by atoms with Crippen LogP contribution in [0, 0.1) is 0 Å². The molecule has 0 saturated carbocycles. The molecule has 0 radical (unpaired) electrons. The molecule has 2 aromatic heterocycles. The summed E-state index contributed by atoms with van der Waals surface area (Å²) in [6.45, 7) is 0. The van der Waals surface area contributed by atoms with E-state index in [4.69, 9.17) is 11.6 Å². The van der Waals surface area contributed by atoms with Gasteiger partial charge in [0.05, 0.1) is 4.47 Å². The molecule has 0 atom stereocenters. The molecule has 0 spiro atoms. The predicted octanol–water partition coefficient (Wildman–Crippen LogP) is 2.37. The van der Waals surface area contributed by atoms with Crippen molar-refractivity contribution < 1.29 is 0 Å². The van der Waals surface area contributed by atoms with Crippen LogP contribution in [0.1, 0.15) is 0 Å². The minimum atomic E-state index is 0.191. The maximum absolute atomic E-state index is 5.68. The molecule has 15 heavy (non-hydrogen) atoms. The highest BCUT2D eigenvalue weighted by atomic mass is 79.9. The van der Waals surface area contributed by atoms with E-state index in [2.05, 4.69) is 36.3 Å². The summed E-state index contributed by atoms with van der Waals surface area (Å²) in [6.07, 6.45) is 3.42. The van der Waals surface area contributed by atoms with Crippen LogP contribution in [0.3, 0.4) is 0 Å². The number of anilines is 2. The van der Waals surface area contributed by atoms with E-state index in [-0.39, 0.29) is 5.28 Å². The summed E-state index contributed by atoms with van der Waals surface area (Å²) in [6, 6.07) is 1.84. The SMILES string of the molecule is Cn1ccc(Nc2nc(Cl)ncc2Br)n1. The molecule has 2 aromatic rings. The Bertz CT molecular complexity index is 484. The lowest BCUT2D eigenvalue weighted by Gasteiger charge is -2.03. The number of aryl methyl sites for hydroxylation is 1. The van der Waals surface area contributed by atoms with Gasteiger partial charge in [0.1, 0.15) is 0 Å². The Morgan fingerprint density at radius 2 is 2.33 bits per heavy atom. The molecule has 0 aliphatic carbocycles. The highest BCUT2D eigenvalue weighted by Gasteiger charge is 2.05. The van der Waals surface area contributed by atoms with Crippen LogP contribution in [0.25, 0.3) is 0 Å². The Balaban J connectivity index is 2.27. The molecule has 0 unspecified atom stereocenters. The van der Waals surface area contributed by atoms with Gasteiger partial charge in [-0.2, -0.15) is 10.1 Å². The third-order valence-electron chi connectivity index (χ3n) is 1.67. The third-order valence-corrected chi connectivity index (χ3v) is 2.44. The first-order valence-electron chi connectivity index (χ1n) is 4.10. The van der Waals surface area contributed by atoms with Crippen LogP contribution in [0.5, 0.6) is 0 Å². The zero-order valence-electron chi connectivity index (χ0n) is 7.78. The lowest BCUT2D eigenvalue weighted by molar-refractivity contribution is 0.771. The maximum atomic E-state index is 5.68. The summed E-state index contributed by atoms with van der Waals surface area (Å²) < 4.78 is 2.43. The van der Waals surface area contributed by atoms with Crippen molar-refractivity contribution in [3.05, 3.63) is 28.2 Å². The van der Waals surface area contributed by atoms with Gasteiger partial charge < -0.3 is 5.32 Å². The fourth-order valence-electron chi connectivity index (χ4n) is 1.04. The molecule has 0 bridgehead atoms. The largest absolute Gasteiger partial charge is 0.322 e. The number of hydrogen-bond donors (Lipinski definition) is 1. The Morgan fingerprint density at radius 3 is 3.00 bits per heavy atom. The average molecular weight is 289 g/mol. The van der Waals surface area contributed by atoms with E-state index in [0.717, 1.165) is 4.47 Å². The Morgan fingerprint density at radius 1 is 1.53 bits per heavy atom. The number of aromatic nitrogens is 4. The van der Waals surface area contributed by atoms with Crippen molar-refractivity contribution in [2.75, 3.05) is 5.32 Å². The molecule has 78 valence electrons. The number of nitrogens with zero attached hydrogens (tertiary/aromatic N) is 4. The van der Waals surface area contributed by atoms with Crippen molar-refractivity contribution in [1.29, 1.82) is 0 Å². The van der Waals surface area contributed by atoms with Crippen molar-refractivity contribution in [3.63, 3.8) is 0 Å². The highest BCUT2D eigenvalue weighted by Crippen LogP contribution is 2.22. The van der Waals surface area contributed by atoms with Gasteiger partial charge in [-0.1, -0.05) is 0 Å². The first-order chi connectivity index (χ1) is 7.15. The molecule has 0 aromatic carbocycles. The first-order valence-corrected chi connectivity index (χ1v) is 5.27. The highest BCUT2D eigenvalue weighted by molar-refractivity contribution is 9.10. The zero-order valence-corrected chi connectivity index (χ0v) is 10.1. The summed E-state index contributed by atoms with van der Waals surface area (Å²) in [5.74, 6) is 1.29. The lowest BCUT2D eigenvalue weighted by atomic mass is 10.5. The van der Waals surface area contributed by atoms with Crippen LogP contribution >= 0.6 is 27.5 Å². The second kappa shape index (κ2) is 4.16. The Kier molecular flexibility index (Phi) is 2.88. The maximum Gasteiger partial charge on any atom is 0.224 e. The molecule has 5 nitrogen and oxygen atoms in total. The fourth-order valence-corrected chi connectivity index (χ4v) is 1.46. The van der Waals surface area contributed by atoms with E-state index in [1.54, 1.807) is 10.9 Å². The van der Waals surface area contributed by atoms with E-state index in [1.807, 2.05) is 19.3 Å². The van der Waals surface area contributed by atoms with Gasteiger partial charge in [0, 0.05) is 25.5 Å². The quantitative estimate of drug-likeness (QED) is 0.862. The van der Waals surface area contributed by atoms with E-state index in [9.17, 15) is 0 Å². The summed E-state index contributed by atoms with van der Waals surface area (Å²) in [5, 5.41) is 7.37. The lowest BCUT2D eigenvalue weighted by Crippen LogP contribution is -1.98. The summed E-state index contributed by atoms with van der Waals surface area (Å²) >= 11 is 8.99. The van der Waals surface area contributed by atoms with E-state index in [0.29, 0.717) is 11.6 Å². The van der Waals surface area contributed by atoms with Gasteiger partial charge >= 0.3 is 0 Å². The van der Waals surface area contributed by atoms with Gasteiger partial charge in [-0.25, -0.2) is 4.98 Å². The van der Waals surface area contributed by atoms with Crippen molar-refractivity contribution in [3.8, 4) is 0 Å². The van der Waals surface area contributed by atoms with Gasteiger partial charge in [-0.15, -0.1) is 0 Å². The molecule has 0 amide bonds. The van der Waals surface area contributed by atoms with Gasteiger partial charge in [0.25, 0.3) is 0 Å². The van der Waals surface area contributed by atoms with E-state index < -0.39 is 0 Å². The minimum Gasteiger partial charge on any atom is -0.322 e. The van der Waals surface area contributed by atoms with Crippen LogP contribution in [0.15, 0.2) is 22.9 Å². The second-order valence-electron chi connectivity index (χ2n) is 2.84. The van der Waals surface area contributed by atoms with Crippen LogP contribution in [0.4, 0.5) is 11.6 Å². The molecule has 0 aliphatic rings. The van der Waals surface area contributed by atoms with Crippen LogP contribution in [0.2, 0.25) is 5.28 Å². The Labute approximate surface area is 99.6 Å².